The molecule has 0 unspecified atom stereocenters. The Morgan fingerprint density at radius 3 is 1.17 bits per heavy atom. The van der Waals surface area contributed by atoms with Crippen LogP contribution < -0.4 is 0 Å². The summed E-state index contributed by atoms with van der Waals surface area (Å²) in [6.45, 7) is 7.91. The van der Waals surface area contributed by atoms with Gasteiger partial charge in [0.05, 0.1) is 0 Å². The topological polar surface area (TPSA) is 0 Å². The van der Waals surface area contributed by atoms with Crippen LogP contribution >= 0.6 is 0 Å². The smallest absolute Gasteiger partial charge is 0.528 e. The van der Waals surface area contributed by atoms with Crippen molar-refractivity contribution in [3.63, 3.8) is 0 Å². The van der Waals surface area contributed by atoms with Crippen LogP contribution in [0.5, 0.6) is 0 Å². The van der Waals surface area contributed by atoms with E-state index in [0.29, 0.717) is 0 Å². The zero-order valence-corrected chi connectivity index (χ0v) is 13.0. The molecule has 0 saturated heterocycles. The van der Waals surface area contributed by atoms with Crippen LogP contribution in [0.4, 0.5) is 0 Å². The molecule has 1 heteroatoms. The zero-order chi connectivity index (χ0) is 12.8. The monoisotopic (exact) mass is 274 g/mol. The number of rotatable bonds is 2. The van der Waals surface area contributed by atoms with Gasteiger partial charge in [-0.3, -0.25) is 0 Å². The van der Waals surface area contributed by atoms with Gasteiger partial charge in [0, 0.05) is 0 Å². The first-order valence-corrected chi connectivity index (χ1v) is 6.06. The minimum atomic E-state index is 0. The van der Waals surface area contributed by atoms with Crippen molar-refractivity contribution in [2.24, 2.45) is 0 Å². The molecule has 0 aromatic carbocycles. The van der Waals surface area contributed by atoms with Crippen molar-refractivity contribution in [3.8, 4) is 0 Å². The molecule has 2 fully saturated rings. The molecule has 0 aromatic rings. The van der Waals surface area contributed by atoms with Gasteiger partial charge in [-0.25, -0.2) is 0 Å². The van der Waals surface area contributed by atoms with Crippen molar-refractivity contribution in [1.29, 1.82) is 0 Å². The van der Waals surface area contributed by atoms with Crippen LogP contribution in [0, 0.1) is 77.2 Å². The summed E-state index contributed by atoms with van der Waals surface area (Å²) in [4.78, 5) is 0. The van der Waals surface area contributed by atoms with Crippen molar-refractivity contribution in [2.75, 3.05) is 0 Å². The summed E-state index contributed by atoms with van der Waals surface area (Å²) in [7, 11) is 0. The van der Waals surface area contributed by atoms with Crippen LogP contribution in [-0.2, 0) is 21.7 Å². The second kappa shape index (κ2) is 17.3. The van der Waals surface area contributed by atoms with Crippen LogP contribution in [0.25, 0.3) is 0 Å². The van der Waals surface area contributed by atoms with Gasteiger partial charge in [-0.1, -0.05) is 20.3 Å². The molecule has 10 radical (unpaired) electrons. The molecule has 0 aromatic heterocycles. The molecule has 0 atom stereocenters. The van der Waals surface area contributed by atoms with Gasteiger partial charge < -0.3 is 18.6 Å². The molecule has 0 bridgehead atoms. The second-order valence-corrected chi connectivity index (χ2v) is 3.41. The maximum absolute atomic E-state index is 3.75. The third kappa shape index (κ3) is 16.3. The van der Waals surface area contributed by atoms with Gasteiger partial charge in [0.2, 0.25) is 0 Å². The van der Waals surface area contributed by atoms with E-state index in [1.807, 2.05) is 64.2 Å². The van der Waals surface area contributed by atoms with Gasteiger partial charge in [0.1, 0.15) is 0 Å². The van der Waals surface area contributed by atoms with Crippen LogP contribution in [0.3, 0.4) is 0 Å². The van der Waals surface area contributed by atoms with Crippen LogP contribution in [0.15, 0.2) is 5.57 Å². The summed E-state index contributed by atoms with van der Waals surface area (Å²) in [6, 6.07) is 0. The largest absolute Gasteiger partial charge is 2.00 e. The molecule has 0 heterocycles. The molecule has 94 valence electrons. The molecule has 2 aliphatic carbocycles. The molecule has 0 N–H and O–H groups in total. The van der Waals surface area contributed by atoms with Gasteiger partial charge in [-0.15, -0.1) is 0 Å². The summed E-state index contributed by atoms with van der Waals surface area (Å²) in [5.74, 6) is 0. The number of allylic oxidation sites excluding steroid dienone is 2. The minimum absolute atomic E-state index is 0. The van der Waals surface area contributed by atoms with Crippen molar-refractivity contribution in [2.45, 2.75) is 26.7 Å². The molecular weight excluding hydrogens is 252 g/mol. The fraction of sp³-hybridized carbons (Fsp3) is 0.235. The molecule has 2 saturated carbocycles. The number of hydrogen-bond donors (Lipinski definition) is 0. The molecule has 18 heavy (non-hydrogen) atoms. The van der Waals surface area contributed by atoms with E-state index in [1.54, 1.807) is 0 Å². The number of hydrogen-bond acceptors (Lipinski definition) is 0. The molecule has 0 spiro atoms. The predicted octanol–water partition coefficient (Wildman–Crippen LogP) is 4.41. The van der Waals surface area contributed by atoms with Crippen molar-refractivity contribution in [1.82, 2.24) is 0 Å². The van der Waals surface area contributed by atoms with Crippen LogP contribution in [-0.4, -0.2) is 0 Å². The van der Waals surface area contributed by atoms with E-state index < -0.39 is 0 Å². The van der Waals surface area contributed by atoms with Gasteiger partial charge >= 0.3 is 21.7 Å². The summed E-state index contributed by atoms with van der Waals surface area (Å²) >= 11 is 0. The van der Waals surface area contributed by atoms with E-state index in [-0.39, 0.29) is 21.7 Å². The van der Waals surface area contributed by atoms with Crippen molar-refractivity contribution < 1.29 is 21.7 Å². The summed E-state index contributed by atoms with van der Waals surface area (Å²) < 4.78 is 0. The maximum atomic E-state index is 3.75. The van der Waals surface area contributed by atoms with Crippen molar-refractivity contribution in [3.05, 3.63) is 82.8 Å². The Hall–Kier alpha value is 0.324. The SMILES string of the molecule is [CH2-]C(=[C-]CC)CC.[CH]1[CH][CH][CH][CH]1.[CH]1[CH][CH][CH][CH]1.[Ti+2]. The summed E-state index contributed by atoms with van der Waals surface area (Å²) in [6.07, 6.45) is 25.1. The standard InChI is InChI=1S/C7H12.2C5H5.Ti/c1-4-6-7(3)5-2;2*1-2-4-5-3-1;/h3-5H2,1-2H3;2*1-5H;/q-2;;;+2. The Morgan fingerprint density at radius 2 is 1.06 bits per heavy atom. The molecule has 0 amide bonds. The predicted molar refractivity (Wildman–Crippen MR) is 75.7 cm³/mol. The van der Waals surface area contributed by atoms with Crippen LogP contribution in [0.1, 0.15) is 26.7 Å². The first-order valence-electron chi connectivity index (χ1n) is 6.06. The van der Waals surface area contributed by atoms with Crippen LogP contribution in [0.2, 0.25) is 0 Å². The van der Waals surface area contributed by atoms with E-state index in [9.17, 15) is 0 Å². The Bertz CT molecular complexity index is 139. The van der Waals surface area contributed by atoms with E-state index >= 15 is 0 Å². The Balaban J connectivity index is 0. The quantitative estimate of drug-likeness (QED) is 0.517. The van der Waals surface area contributed by atoms with E-state index in [1.165, 1.54) is 0 Å². The van der Waals surface area contributed by atoms with Crippen molar-refractivity contribution >= 4 is 0 Å². The van der Waals surface area contributed by atoms with E-state index in [2.05, 4.69) is 26.8 Å². The first-order chi connectivity index (χ1) is 8.31. The maximum Gasteiger partial charge on any atom is 2.00 e. The van der Waals surface area contributed by atoms with Gasteiger partial charge in [0.25, 0.3) is 0 Å². The Morgan fingerprint density at radius 1 is 0.778 bits per heavy atom. The van der Waals surface area contributed by atoms with Gasteiger partial charge in [-0.2, -0.15) is 6.42 Å². The summed E-state index contributed by atoms with van der Waals surface area (Å²) in [5.41, 5.74) is 1.13. The Kier molecular flexibility index (Phi) is 19.9. The normalized spacial score (nSPS) is 18.0. The van der Waals surface area contributed by atoms with E-state index in [4.69, 9.17) is 0 Å². The molecule has 0 nitrogen and oxygen atoms in total. The zero-order valence-electron chi connectivity index (χ0n) is 11.4. The first kappa shape index (κ1) is 20.6. The van der Waals surface area contributed by atoms with E-state index in [0.717, 1.165) is 18.4 Å². The second-order valence-electron chi connectivity index (χ2n) is 3.41. The average molecular weight is 274 g/mol. The minimum Gasteiger partial charge on any atom is -0.528 e. The van der Waals surface area contributed by atoms with Gasteiger partial charge in [-0.05, 0) is 64.2 Å². The average Bonchev–Trinajstić information content (AvgIpc) is 3.07. The summed E-state index contributed by atoms with van der Waals surface area (Å²) in [5, 5.41) is 0. The molecular formula is C17H22Ti. The third-order valence-corrected chi connectivity index (χ3v) is 1.96. The molecule has 2 rings (SSSR count). The third-order valence-electron chi connectivity index (χ3n) is 1.96. The fourth-order valence-electron chi connectivity index (χ4n) is 1.02. The van der Waals surface area contributed by atoms with Gasteiger partial charge in [0.15, 0.2) is 0 Å². The fourth-order valence-corrected chi connectivity index (χ4v) is 1.02. The molecule has 0 aliphatic heterocycles. The molecule has 2 aliphatic rings. The Labute approximate surface area is 131 Å².